The van der Waals surface area contributed by atoms with E-state index in [1.165, 1.54) is 38.6 Å². The average Bonchev–Trinajstić information content (AvgIpc) is 3.04. The molecule has 0 N–H and O–H groups in total. The predicted octanol–water partition coefficient (Wildman–Crippen LogP) is 2.38. The predicted molar refractivity (Wildman–Crippen MR) is 99.6 cm³/mol. The van der Waals surface area contributed by atoms with Crippen LogP contribution in [0.25, 0.3) is 0 Å². The van der Waals surface area contributed by atoms with Gasteiger partial charge >= 0.3 is 0 Å². The summed E-state index contributed by atoms with van der Waals surface area (Å²) in [6.07, 6.45) is 11.8. The van der Waals surface area contributed by atoms with Gasteiger partial charge in [-0.2, -0.15) is 0 Å². The Balaban J connectivity index is 1.46. The van der Waals surface area contributed by atoms with E-state index in [0.717, 1.165) is 37.7 Å². The first-order valence-electron chi connectivity index (χ1n) is 9.80. The van der Waals surface area contributed by atoms with Gasteiger partial charge in [-0.1, -0.05) is 19.3 Å². The van der Waals surface area contributed by atoms with E-state index in [0.29, 0.717) is 6.54 Å². The van der Waals surface area contributed by atoms with Crippen LogP contribution >= 0.6 is 0 Å². The van der Waals surface area contributed by atoms with Gasteiger partial charge in [0.25, 0.3) is 0 Å². The monoisotopic (exact) mass is 342 g/mol. The van der Waals surface area contributed by atoms with Crippen LogP contribution in [0.4, 0.5) is 5.69 Å². The second-order valence-electron chi connectivity index (χ2n) is 8.26. The molecule has 1 unspecified atom stereocenters. The molecule has 2 aliphatic heterocycles. The zero-order valence-electron chi connectivity index (χ0n) is 15.4. The fourth-order valence-corrected chi connectivity index (χ4v) is 4.98. The van der Waals surface area contributed by atoms with Gasteiger partial charge in [-0.15, -0.1) is 0 Å². The Labute approximate surface area is 151 Å². The third kappa shape index (κ3) is 3.44. The summed E-state index contributed by atoms with van der Waals surface area (Å²) >= 11 is 0. The van der Waals surface area contributed by atoms with E-state index in [1.807, 2.05) is 23.2 Å². The molecule has 3 fully saturated rings. The van der Waals surface area contributed by atoms with Gasteiger partial charge < -0.3 is 9.80 Å². The summed E-state index contributed by atoms with van der Waals surface area (Å²) in [6, 6.07) is 3.91. The number of rotatable bonds is 3. The van der Waals surface area contributed by atoms with Gasteiger partial charge in [-0.25, -0.2) is 0 Å². The highest BCUT2D eigenvalue weighted by molar-refractivity contribution is 5.95. The summed E-state index contributed by atoms with van der Waals surface area (Å²) in [5.74, 6) is 1.07. The van der Waals surface area contributed by atoms with E-state index in [4.69, 9.17) is 0 Å². The molecule has 25 heavy (non-hydrogen) atoms. The van der Waals surface area contributed by atoms with Crippen molar-refractivity contribution in [2.24, 2.45) is 5.92 Å². The molecule has 5 heteroatoms. The number of amides is 1. The van der Waals surface area contributed by atoms with Gasteiger partial charge in [0.15, 0.2) is 0 Å². The van der Waals surface area contributed by atoms with Crippen molar-refractivity contribution in [1.82, 2.24) is 14.8 Å². The molecule has 1 saturated carbocycles. The molecular weight excluding hydrogens is 312 g/mol. The number of pyridine rings is 1. The van der Waals surface area contributed by atoms with Gasteiger partial charge in [0, 0.05) is 32.4 Å². The minimum atomic E-state index is 0.0957. The molecule has 4 rings (SSSR count). The van der Waals surface area contributed by atoms with E-state index in [-0.39, 0.29) is 11.4 Å². The second kappa shape index (κ2) is 7.04. The number of aromatic nitrogens is 1. The highest BCUT2D eigenvalue weighted by Crippen LogP contribution is 2.34. The van der Waals surface area contributed by atoms with Gasteiger partial charge in [-0.3, -0.25) is 14.7 Å². The van der Waals surface area contributed by atoms with Gasteiger partial charge in [0.1, 0.15) is 0 Å². The maximum absolute atomic E-state index is 12.6. The lowest BCUT2D eigenvalue weighted by atomic mass is 9.89. The lowest BCUT2D eigenvalue weighted by Gasteiger charge is -2.47. The van der Waals surface area contributed by atoms with Crippen molar-refractivity contribution < 1.29 is 4.79 Å². The number of hydrogen-bond acceptors (Lipinski definition) is 4. The summed E-state index contributed by atoms with van der Waals surface area (Å²) < 4.78 is 0. The minimum absolute atomic E-state index is 0.0957. The SMILES string of the molecule is CN1CC(=O)N(c2cccnc2)CC12CCN(CC1CCCCC1)C2. The van der Waals surface area contributed by atoms with Gasteiger partial charge in [-0.05, 0) is 44.4 Å². The van der Waals surface area contributed by atoms with Crippen LogP contribution in [0.15, 0.2) is 24.5 Å². The first-order valence-corrected chi connectivity index (χ1v) is 9.80. The maximum Gasteiger partial charge on any atom is 0.241 e. The lowest BCUT2D eigenvalue weighted by molar-refractivity contribution is -0.123. The van der Waals surface area contributed by atoms with E-state index < -0.39 is 0 Å². The summed E-state index contributed by atoms with van der Waals surface area (Å²) in [5, 5.41) is 0. The zero-order valence-corrected chi connectivity index (χ0v) is 15.4. The van der Waals surface area contributed by atoms with E-state index in [2.05, 4.69) is 21.8 Å². The van der Waals surface area contributed by atoms with E-state index in [1.54, 1.807) is 6.20 Å². The van der Waals surface area contributed by atoms with Crippen LogP contribution in [-0.2, 0) is 4.79 Å². The Hall–Kier alpha value is -1.46. The molecule has 1 aliphatic carbocycles. The molecule has 1 aromatic heterocycles. The molecule has 1 amide bonds. The lowest BCUT2D eigenvalue weighted by Crippen LogP contribution is -2.64. The van der Waals surface area contributed by atoms with Gasteiger partial charge in [0.2, 0.25) is 5.91 Å². The first-order chi connectivity index (χ1) is 12.2. The Kier molecular flexibility index (Phi) is 4.78. The Morgan fingerprint density at radius 1 is 1.24 bits per heavy atom. The van der Waals surface area contributed by atoms with Crippen molar-refractivity contribution in [3.05, 3.63) is 24.5 Å². The number of hydrogen-bond donors (Lipinski definition) is 0. The van der Waals surface area contributed by atoms with Crippen molar-refractivity contribution in [3.8, 4) is 0 Å². The smallest absolute Gasteiger partial charge is 0.241 e. The molecule has 1 atom stereocenters. The Morgan fingerprint density at radius 2 is 2.08 bits per heavy atom. The maximum atomic E-state index is 12.6. The van der Waals surface area contributed by atoms with Crippen molar-refractivity contribution >= 4 is 11.6 Å². The molecule has 0 bridgehead atoms. The molecule has 1 spiro atoms. The van der Waals surface area contributed by atoms with Crippen LogP contribution in [0, 0.1) is 5.92 Å². The van der Waals surface area contributed by atoms with Crippen molar-refractivity contribution in [2.45, 2.75) is 44.1 Å². The van der Waals surface area contributed by atoms with Crippen LogP contribution in [0.2, 0.25) is 0 Å². The van der Waals surface area contributed by atoms with Crippen molar-refractivity contribution in [3.63, 3.8) is 0 Å². The highest BCUT2D eigenvalue weighted by atomic mass is 16.2. The summed E-state index contributed by atoms with van der Waals surface area (Å²) in [6.45, 7) is 4.79. The normalized spacial score (nSPS) is 29.6. The molecule has 3 aliphatic rings. The third-order valence-corrected chi connectivity index (χ3v) is 6.55. The highest BCUT2D eigenvalue weighted by Gasteiger charge is 2.47. The molecule has 0 aromatic carbocycles. The molecule has 136 valence electrons. The average molecular weight is 342 g/mol. The van der Waals surface area contributed by atoms with Crippen LogP contribution in [0.3, 0.4) is 0 Å². The number of piperazine rings is 1. The van der Waals surface area contributed by atoms with Crippen molar-refractivity contribution in [2.75, 3.05) is 44.7 Å². The number of likely N-dealkylation sites (tertiary alicyclic amines) is 1. The number of carbonyl (C=O) groups excluding carboxylic acids is 1. The van der Waals surface area contributed by atoms with Crippen molar-refractivity contribution in [1.29, 1.82) is 0 Å². The summed E-state index contributed by atoms with van der Waals surface area (Å²) in [7, 11) is 2.13. The summed E-state index contributed by atoms with van der Waals surface area (Å²) in [4.78, 5) is 23.7. The fourth-order valence-electron chi connectivity index (χ4n) is 4.98. The topological polar surface area (TPSA) is 39.7 Å². The summed E-state index contributed by atoms with van der Waals surface area (Å²) in [5.41, 5.74) is 1.03. The van der Waals surface area contributed by atoms with E-state index >= 15 is 0 Å². The largest absolute Gasteiger partial charge is 0.308 e. The van der Waals surface area contributed by atoms with Crippen LogP contribution in [0.5, 0.6) is 0 Å². The third-order valence-electron chi connectivity index (χ3n) is 6.55. The quantitative estimate of drug-likeness (QED) is 0.846. The fraction of sp³-hybridized carbons (Fsp3) is 0.700. The van der Waals surface area contributed by atoms with Gasteiger partial charge in [0.05, 0.1) is 24.0 Å². The second-order valence-corrected chi connectivity index (χ2v) is 8.26. The number of nitrogens with zero attached hydrogens (tertiary/aromatic N) is 4. The van der Waals surface area contributed by atoms with Crippen LogP contribution in [0.1, 0.15) is 38.5 Å². The Bertz CT molecular complexity index is 601. The van der Waals surface area contributed by atoms with E-state index in [9.17, 15) is 4.79 Å². The molecule has 2 saturated heterocycles. The molecule has 0 radical (unpaired) electrons. The standard InChI is InChI=1S/C20H30N4O/c1-22-14-19(25)24(18-8-5-10-21-12-18)16-20(22)9-11-23(15-20)13-17-6-3-2-4-7-17/h5,8,10,12,17H,2-4,6-7,9,11,13-16H2,1H3. The minimum Gasteiger partial charge on any atom is -0.308 e. The first kappa shape index (κ1) is 17.0. The molecule has 1 aromatic rings. The molecule has 5 nitrogen and oxygen atoms in total. The van der Waals surface area contributed by atoms with Crippen LogP contribution < -0.4 is 4.90 Å². The van der Waals surface area contributed by atoms with Crippen LogP contribution in [-0.4, -0.2) is 66.0 Å². The Morgan fingerprint density at radius 3 is 2.84 bits per heavy atom. The zero-order chi connectivity index (χ0) is 17.3. The number of anilines is 1. The number of likely N-dealkylation sites (N-methyl/N-ethyl adjacent to an activating group) is 1. The molecular formula is C20H30N4O. The number of carbonyl (C=O) groups is 1. The molecule has 3 heterocycles.